The summed E-state index contributed by atoms with van der Waals surface area (Å²) in [6, 6.07) is 0. The second-order valence-corrected chi connectivity index (χ2v) is 3.27. The summed E-state index contributed by atoms with van der Waals surface area (Å²) in [5.41, 5.74) is 1.06. The Kier molecular flexibility index (Phi) is 2.38. The van der Waals surface area contributed by atoms with Gasteiger partial charge in [0, 0.05) is 5.92 Å². The van der Waals surface area contributed by atoms with Gasteiger partial charge in [-0.3, -0.25) is 0 Å². The smallest absolute Gasteiger partial charge is 0.137 e. The van der Waals surface area contributed by atoms with Crippen molar-refractivity contribution in [1.82, 2.24) is 5.16 Å². The summed E-state index contributed by atoms with van der Waals surface area (Å²) in [7, 11) is 0. The molecule has 0 unspecified atom stereocenters. The molecule has 0 fully saturated rings. The van der Waals surface area contributed by atoms with E-state index in [1.165, 1.54) is 0 Å². The van der Waals surface area contributed by atoms with Crippen LogP contribution in [0.2, 0.25) is 0 Å². The van der Waals surface area contributed by atoms with Gasteiger partial charge in [-0.2, -0.15) is 0 Å². The lowest BCUT2D eigenvalue weighted by Crippen LogP contribution is -1.87. The van der Waals surface area contributed by atoms with E-state index >= 15 is 0 Å². The number of thioether (sulfide) groups is 1. The van der Waals surface area contributed by atoms with Crippen LogP contribution in [-0.2, 0) is 0 Å². The molecule has 0 bridgehead atoms. The number of hydrogen-bond donors (Lipinski definition) is 0. The van der Waals surface area contributed by atoms with Crippen LogP contribution in [-0.4, -0.2) is 11.4 Å². The van der Waals surface area contributed by atoms with Gasteiger partial charge >= 0.3 is 0 Å². The third kappa shape index (κ3) is 1.34. The van der Waals surface area contributed by atoms with Gasteiger partial charge < -0.3 is 4.52 Å². The molecule has 3 heteroatoms. The van der Waals surface area contributed by atoms with Gasteiger partial charge in [0.25, 0.3) is 0 Å². The minimum absolute atomic E-state index is 0.459. The molecule has 0 spiro atoms. The maximum atomic E-state index is 4.83. The van der Waals surface area contributed by atoms with Crippen LogP contribution < -0.4 is 0 Å². The van der Waals surface area contributed by atoms with Crippen LogP contribution >= 0.6 is 11.8 Å². The van der Waals surface area contributed by atoms with Crippen LogP contribution in [0.3, 0.4) is 0 Å². The SMILES string of the molecule is CSc1conc1C(C)C. The fraction of sp³-hybridized carbons (Fsp3) is 0.571. The van der Waals surface area contributed by atoms with E-state index in [1.807, 2.05) is 6.26 Å². The summed E-state index contributed by atoms with van der Waals surface area (Å²) >= 11 is 1.67. The van der Waals surface area contributed by atoms with E-state index in [-0.39, 0.29) is 0 Å². The highest BCUT2D eigenvalue weighted by Crippen LogP contribution is 2.24. The second-order valence-electron chi connectivity index (χ2n) is 2.42. The summed E-state index contributed by atoms with van der Waals surface area (Å²) in [5.74, 6) is 0.459. The van der Waals surface area contributed by atoms with E-state index in [9.17, 15) is 0 Å². The minimum Gasteiger partial charge on any atom is -0.363 e. The van der Waals surface area contributed by atoms with Gasteiger partial charge in [-0.15, -0.1) is 11.8 Å². The van der Waals surface area contributed by atoms with Crippen molar-refractivity contribution in [2.24, 2.45) is 0 Å². The highest BCUT2D eigenvalue weighted by Gasteiger charge is 2.09. The minimum atomic E-state index is 0.459. The summed E-state index contributed by atoms with van der Waals surface area (Å²) in [4.78, 5) is 1.15. The zero-order valence-electron chi connectivity index (χ0n) is 6.42. The maximum absolute atomic E-state index is 4.83. The predicted molar refractivity (Wildman–Crippen MR) is 42.4 cm³/mol. The molecular weight excluding hydrogens is 146 g/mol. The molecule has 1 heterocycles. The van der Waals surface area contributed by atoms with E-state index in [1.54, 1.807) is 18.0 Å². The van der Waals surface area contributed by atoms with Crippen LogP contribution in [0, 0.1) is 0 Å². The van der Waals surface area contributed by atoms with Crippen molar-refractivity contribution in [2.45, 2.75) is 24.7 Å². The molecule has 0 amide bonds. The Balaban J connectivity index is 2.90. The van der Waals surface area contributed by atoms with Gasteiger partial charge in [-0.1, -0.05) is 19.0 Å². The third-order valence-electron chi connectivity index (χ3n) is 1.33. The van der Waals surface area contributed by atoms with Crippen molar-refractivity contribution in [3.8, 4) is 0 Å². The molecule has 0 N–H and O–H groups in total. The molecule has 2 nitrogen and oxygen atoms in total. The quantitative estimate of drug-likeness (QED) is 0.617. The number of nitrogens with zero attached hydrogens (tertiary/aromatic N) is 1. The van der Waals surface area contributed by atoms with Crippen LogP contribution in [0.5, 0.6) is 0 Å². The number of hydrogen-bond acceptors (Lipinski definition) is 3. The van der Waals surface area contributed by atoms with Crippen molar-refractivity contribution < 1.29 is 4.52 Å². The van der Waals surface area contributed by atoms with Gasteiger partial charge in [0.1, 0.15) is 6.26 Å². The molecule has 0 aliphatic carbocycles. The Morgan fingerprint density at radius 2 is 2.30 bits per heavy atom. The Hall–Kier alpha value is -0.440. The molecule has 1 aromatic heterocycles. The Morgan fingerprint density at radius 1 is 1.60 bits per heavy atom. The lowest BCUT2D eigenvalue weighted by Gasteiger charge is -1.98. The second kappa shape index (κ2) is 3.10. The van der Waals surface area contributed by atoms with Gasteiger partial charge in [0.15, 0.2) is 0 Å². The molecule has 10 heavy (non-hydrogen) atoms. The molecule has 1 aromatic rings. The Morgan fingerprint density at radius 3 is 2.70 bits per heavy atom. The van der Waals surface area contributed by atoms with E-state index in [2.05, 4.69) is 19.0 Å². The van der Waals surface area contributed by atoms with Gasteiger partial charge in [0.05, 0.1) is 10.6 Å². The monoisotopic (exact) mass is 157 g/mol. The average Bonchev–Trinajstić information content (AvgIpc) is 2.33. The largest absolute Gasteiger partial charge is 0.363 e. The maximum Gasteiger partial charge on any atom is 0.137 e. The highest BCUT2D eigenvalue weighted by molar-refractivity contribution is 7.98. The van der Waals surface area contributed by atoms with Crippen molar-refractivity contribution in [3.05, 3.63) is 12.0 Å². The van der Waals surface area contributed by atoms with E-state index in [0.29, 0.717) is 5.92 Å². The van der Waals surface area contributed by atoms with Crippen molar-refractivity contribution >= 4 is 11.8 Å². The van der Waals surface area contributed by atoms with Gasteiger partial charge in [0.2, 0.25) is 0 Å². The standard InChI is InChI=1S/C7H11NOS/c1-5(2)7-6(10-3)4-9-8-7/h4-5H,1-3H3. The fourth-order valence-electron chi connectivity index (χ4n) is 0.779. The highest BCUT2D eigenvalue weighted by atomic mass is 32.2. The fourth-order valence-corrected chi connectivity index (χ4v) is 1.40. The predicted octanol–water partition coefficient (Wildman–Crippen LogP) is 2.52. The van der Waals surface area contributed by atoms with Gasteiger partial charge in [-0.05, 0) is 6.26 Å². The lowest BCUT2D eigenvalue weighted by molar-refractivity contribution is 0.407. The molecule has 0 aliphatic rings. The van der Waals surface area contributed by atoms with Crippen LogP contribution in [0.15, 0.2) is 15.7 Å². The molecule has 1 rings (SSSR count). The number of aromatic nitrogens is 1. The van der Waals surface area contributed by atoms with Crippen LogP contribution in [0.4, 0.5) is 0 Å². The molecule has 56 valence electrons. The summed E-state index contributed by atoms with van der Waals surface area (Å²) in [6.45, 7) is 4.22. The number of rotatable bonds is 2. The summed E-state index contributed by atoms with van der Waals surface area (Å²) < 4.78 is 4.83. The first kappa shape index (κ1) is 7.66. The van der Waals surface area contributed by atoms with Crippen molar-refractivity contribution in [1.29, 1.82) is 0 Å². The lowest BCUT2D eigenvalue weighted by atomic mass is 10.1. The normalized spacial score (nSPS) is 10.8. The summed E-state index contributed by atoms with van der Waals surface area (Å²) in [5, 5.41) is 3.89. The molecule has 0 atom stereocenters. The molecule has 0 aliphatic heterocycles. The molecule has 0 saturated heterocycles. The third-order valence-corrected chi connectivity index (χ3v) is 2.08. The Bertz CT molecular complexity index is 207. The first-order valence-electron chi connectivity index (χ1n) is 3.24. The Labute approximate surface area is 65.0 Å². The van der Waals surface area contributed by atoms with E-state index < -0.39 is 0 Å². The first-order chi connectivity index (χ1) is 4.75. The zero-order chi connectivity index (χ0) is 7.56. The topological polar surface area (TPSA) is 26.0 Å². The van der Waals surface area contributed by atoms with Crippen LogP contribution in [0.25, 0.3) is 0 Å². The average molecular weight is 157 g/mol. The van der Waals surface area contributed by atoms with Crippen molar-refractivity contribution in [3.63, 3.8) is 0 Å². The van der Waals surface area contributed by atoms with Gasteiger partial charge in [-0.25, -0.2) is 0 Å². The molecule has 0 saturated carbocycles. The molecular formula is C7H11NOS. The molecule has 0 radical (unpaired) electrons. The molecule has 0 aromatic carbocycles. The van der Waals surface area contributed by atoms with E-state index in [0.717, 1.165) is 10.6 Å². The summed E-state index contributed by atoms with van der Waals surface area (Å²) in [6.07, 6.45) is 3.72. The zero-order valence-corrected chi connectivity index (χ0v) is 7.23. The van der Waals surface area contributed by atoms with Crippen LogP contribution in [0.1, 0.15) is 25.5 Å². The van der Waals surface area contributed by atoms with Crippen molar-refractivity contribution in [2.75, 3.05) is 6.26 Å². The van der Waals surface area contributed by atoms with E-state index in [4.69, 9.17) is 4.52 Å². The first-order valence-corrected chi connectivity index (χ1v) is 4.46.